The Hall–Kier alpha value is -1.88. The van der Waals surface area contributed by atoms with Gasteiger partial charge in [0.2, 0.25) is 11.8 Å². The summed E-state index contributed by atoms with van der Waals surface area (Å²) in [4.78, 5) is 26.7. The number of nitrogens with zero attached hydrogens (tertiary/aromatic N) is 1. The smallest absolute Gasteiger partial charge is 0.227 e. The van der Waals surface area contributed by atoms with E-state index < -0.39 is 0 Å². The van der Waals surface area contributed by atoms with E-state index in [2.05, 4.69) is 12.2 Å². The van der Waals surface area contributed by atoms with E-state index in [0.29, 0.717) is 31.7 Å². The molecule has 1 saturated heterocycles. The second-order valence-electron chi connectivity index (χ2n) is 7.04. The molecule has 1 aromatic rings. The standard InChI is InChI=1S/C19H26N2O3/c1-13-5-4-10-21(17(13)12-22)18(23)9-8-15-11-14-6-2-3-7-16(14)20-19(15)24/h2-3,6-7,13,15,17,22H,4-5,8-12H2,1H3,(H,20,24). The molecule has 130 valence electrons. The lowest BCUT2D eigenvalue weighted by atomic mass is 9.88. The van der Waals surface area contributed by atoms with Crippen molar-refractivity contribution in [1.82, 2.24) is 4.90 Å². The highest BCUT2D eigenvalue weighted by Gasteiger charge is 2.32. The number of carbonyl (C=O) groups excluding carboxylic acids is 2. The Balaban J connectivity index is 1.59. The van der Waals surface area contributed by atoms with Gasteiger partial charge < -0.3 is 15.3 Å². The molecule has 24 heavy (non-hydrogen) atoms. The summed E-state index contributed by atoms with van der Waals surface area (Å²) in [7, 11) is 0. The number of nitrogens with one attached hydrogen (secondary N) is 1. The first-order valence-electron chi connectivity index (χ1n) is 8.89. The van der Waals surface area contributed by atoms with Crippen molar-refractivity contribution < 1.29 is 14.7 Å². The molecular formula is C19H26N2O3. The Kier molecular flexibility index (Phi) is 5.19. The van der Waals surface area contributed by atoms with Crippen molar-refractivity contribution in [3.8, 4) is 0 Å². The zero-order chi connectivity index (χ0) is 17.1. The maximum absolute atomic E-state index is 12.6. The van der Waals surface area contributed by atoms with Gasteiger partial charge in [0.15, 0.2) is 0 Å². The molecule has 2 aliphatic heterocycles. The lowest BCUT2D eigenvalue weighted by molar-refractivity contribution is -0.138. The number of amides is 2. The van der Waals surface area contributed by atoms with Crippen LogP contribution in [0.2, 0.25) is 0 Å². The zero-order valence-electron chi connectivity index (χ0n) is 14.2. The van der Waals surface area contributed by atoms with Gasteiger partial charge in [0.1, 0.15) is 0 Å². The SMILES string of the molecule is CC1CCCN(C(=O)CCC2Cc3ccccc3NC2=O)C1CO. The van der Waals surface area contributed by atoms with Crippen molar-refractivity contribution in [2.75, 3.05) is 18.5 Å². The molecular weight excluding hydrogens is 304 g/mol. The molecule has 2 N–H and O–H groups in total. The molecule has 2 aliphatic rings. The summed E-state index contributed by atoms with van der Waals surface area (Å²) in [6.45, 7) is 2.82. The Morgan fingerprint density at radius 3 is 2.96 bits per heavy atom. The van der Waals surface area contributed by atoms with Crippen molar-refractivity contribution >= 4 is 17.5 Å². The molecule has 3 rings (SSSR count). The van der Waals surface area contributed by atoms with Gasteiger partial charge in [-0.05, 0) is 43.2 Å². The molecule has 0 spiro atoms. The number of rotatable bonds is 4. The fourth-order valence-electron chi connectivity index (χ4n) is 3.92. The Bertz CT molecular complexity index is 616. The van der Waals surface area contributed by atoms with Gasteiger partial charge in [0.05, 0.1) is 12.6 Å². The van der Waals surface area contributed by atoms with Crippen LogP contribution >= 0.6 is 0 Å². The van der Waals surface area contributed by atoms with Crippen LogP contribution in [-0.4, -0.2) is 41.0 Å². The number of para-hydroxylation sites is 1. The number of hydrogen-bond acceptors (Lipinski definition) is 3. The summed E-state index contributed by atoms with van der Waals surface area (Å²) < 4.78 is 0. The molecule has 2 amide bonds. The molecule has 1 fully saturated rings. The van der Waals surface area contributed by atoms with Crippen LogP contribution in [0, 0.1) is 11.8 Å². The van der Waals surface area contributed by atoms with Crippen molar-refractivity contribution in [2.45, 2.75) is 45.1 Å². The van der Waals surface area contributed by atoms with Crippen LogP contribution < -0.4 is 5.32 Å². The van der Waals surface area contributed by atoms with Crippen LogP contribution in [-0.2, 0) is 16.0 Å². The molecule has 3 unspecified atom stereocenters. The van der Waals surface area contributed by atoms with Crippen molar-refractivity contribution in [1.29, 1.82) is 0 Å². The van der Waals surface area contributed by atoms with Gasteiger partial charge in [-0.2, -0.15) is 0 Å². The minimum absolute atomic E-state index is 0.00669. The molecule has 1 aromatic carbocycles. The molecule has 5 nitrogen and oxygen atoms in total. The van der Waals surface area contributed by atoms with E-state index in [-0.39, 0.29) is 30.4 Å². The van der Waals surface area contributed by atoms with Gasteiger partial charge in [-0.3, -0.25) is 9.59 Å². The van der Waals surface area contributed by atoms with Gasteiger partial charge in [-0.25, -0.2) is 0 Å². The van der Waals surface area contributed by atoms with Gasteiger partial charge >= 0.3 is 0 Å². The van der Waals surface area contributed by atoms with Gasteiger partial charge in [0.25, 0.3) is 0 Å². The Morgan fingerprint density at radius 1 is 1.38 bits per heavy atom. The van der Waals surface area contributed by atoms with Gasteiger partial charge in [-0.1, -0.05) is 25.1 Å². The first kappa shape index (κ1) is 17.0. The normalized spacial score (nSPS) is 26.7. The highest BCUT2D eigenvalue weighted by molar-refractivity contribution is 5.96. The summed E-state index contributed by atoms with van der Waals surface area (Å²) >= 11 is 0. The number of carbonyl (C=O) groups is 2. The molecule has 2 heterocycles. The van der Waals surface area contributed by atoms with Gasteiger partial charge in [0, 0.05) is 24.6 Å². The Morgan fingerprint density at radius 2 is 2.17 bits per heavy atom. The topological polar surface area (TPSA) is 69.6 Å². The largest absolute Gasteiger partial charge is 0.394 e. The number of anilines is 1. The highest BCUT2D eigenvalue weighted by Crippen LogP contribution is 2.29. The number of likely N-dealkylation sites (tertiary alicyclic amines) is 1. The van der Waals surface area contributed by atoms with E-state index in [4.69, 9.17) is 0 Å². The maximum Gasteiger partial charge on any atom is 0.227 e. The van der Waals surface area contributed by atoms with Crippen LogP contribution in [0.4, 0.5) is 5.69 Å². The third-order valence-electron chi connectivity index (χ3n) is 5.44. The molecule has 0 bridgehead atoms. The van der Waals surface area contributed by atoms with Crippen LogP contribution in [0.5, 0.6) is 0 Å². The quantitative estimate of drug-likeness (QED) is 0.889. The Labute approximate surface area is 143 Å². The van der Waals surface area contributed by atoms with Gasteiger partial charge in [-0.15, -0.1) is 0 Å². The number of hydrogen-bond donors (Lipinski definition) is 2. The number of aliphatic hydroxyl groups is 1. The summed E-state index contributed by atoms with van der Waals surface area (Å²) in [6, 6.07) is 7.75. The lowest BCUT2D eigenvalue weighted by Gasteiger charge is -2.39. The second-order valence-corrected chi connectivity index (χ2v) is 7.04. The average Bonchev–Trinajstić information content (AvgIpc) is 2.59. The van der Waals surface area contributed by atoms with Crippen LogP contribution in [0.3, 0.4) is 0 Å². The van der Waals surface area contributed by atoms with E-state index in [1.54, 1.807) is 0 Å². The molecule has 0 aliphatic carbocycles. The van der Waals surface area contributed by atoms with E-state index in [1.807, 2.05) is 29.2 Å². The third kappa shape index (κ3) is 3.46. The minimum atomic E-state index is -0.154. The molecule has 0 saturated carbocycles. The fourth-order valence-corrected chi connectivity index (χ4v) is 3.92. The van der Waals surface area contributed by atoms with Crippen LogP contribution in [0.15, 0.2) is 24.3 Å². The summed E-state index contributed by atoms with van der Waals surface area (Å²) in [5.41, 5.74) is 2.02. The van der Waals surface area contributed by atoms with E-state index in [9.17, 15) is 14.7 Å². The monoisotopic (exact) mass is 330 g/mol. The highest BCUT2D eigenvalue weighted by atomic mass is 16.3. The summed E-state index contributed by atoms with van der Waals surface area (Å²) in [6.07, 6.45) is 3.65. The number of benzene rings is 1. The number of aliphatic hydroxyl groups excluding tert-OH is 1. The first-order chi connectivity index (χ1) is 11.6. The minimum Gasteiger partial charge on any atom is -0.394 e. The molecule has 3 atom stereocenters. The molecule has 5 heteroatoms. The number of piperidine rings is 1. The lowest BCUT2D eigenvalue weighted by Crippen LogP contribution is -2.49. The van der Waals surface area contributed by atoms with Crippen LogP contribution in [0.1, 0.15) is 38.2 Å². The van der Waals surface area contributed by atoms with Crippen molar-refractivity contribution in [3.05, 3.63) is 29.8 Å². The maximum atomic E-state index is 12.6. The molecule has 0 radical (unpaired) electrons. The summed E-state index contributed by atoms with van der Waals surface area (Å²) in [5, 5.41) is 12.5. The van der Waals surface area contributed by atoms with Crippen molar-refractivity contribution in [3.63, 3.8) is 0 Å². The van der Waals surface area contributed by atoms with Crippen molar-refractivity contribution in [2.24, 2.45) is 11.8 Å². The predicted octanol–water partition coefficient (Wildman–Crippen LogP) is 2.20. The fraction of sp³-hybridized carbons (Fsp3) is 0.579. The van der Waals surface area contributed by atoms with E-state index in [1.165, 1.54) is 0 Å². The third-order valence-corrected chi connectivity index (χ3v) is 5.44. The first-order valence-corrected chi connectivity index (χ1v) is 8.89. The van der Waals surface area contributed by atoms with E-state index in [0.717, 1.165) is 24.1 Å². The predicted molar refractivity (Wildman–Crippen MR) is 92.5 cm³/mol. The zero-order valence-corrected chi connectivity index (χ0v) is 14.2. The molecule has 0 aromatic heterocycles. The van der Waals surface area contributed by atoms with E-state index >= 15 is 0 Å². The summed E-state index contributed by atoms with van der Waals surface area (Å²) in [5.74, 6) is 0.246. The second kappa shape index (κ2) is 7.34. The number of fused-ring (bicyclic) bond motifs is 1. The average molecular weight is 330 g/mol. The van der Waals surface area contributed by atoms with Crippen LogP contribution in [0.25, 0.3) is 0 Å².